The lowest BCUT2D eigenvalue weighted by atomic mass is 9.90. The van der Waals surface area contributed by atoms with Gasteiger partial charge in [-0.2, -0.15) is 9.61 Å². The molecule has 0 spiro atoms. The lowest BCUT2D eigenvalue weighted by Gasteiger charge is -2.37. The van der Waals surface area contributed by atoms with Crippen molar-refractivity contribution in [3.8, 4) is 0 Å². The first-order chi connectivity index (χ1) is 18.5. The standard InChI is InChI=1S/C28H41N7O5/c1-27(2,3)39-25(37)33(9)23-12-22(31-24-21(14-30-35(23)24)19(13-29)15-32(7)8)18-10-11-20(17-36)34(16-18)26(38)40-28(4,5)6/h12-15,17-18,20,29H,10-11,16H2,1-9H3/b19-15+,29-13?/t18-,20-/m0/s1. The summed E-state index contributed by atoms with van der Waals surface area (Å²) in [5.41, 5.74) is 0.823. The number of allylic oxidation sites excluding steroid dienone is 1. The largest absolute Gasteiger partial charge is 0.444 e. The molecule has 3 heterocycles. The molecule has 2 amide bonds. The van der Waals surface area contributed by atoms with Crippen LogP contribution in [0.2, 0.25) is 0 Å². The van der Waals surface area contributed by atoms with Gasteiger partial charge in [-0.15, -0.1) is 0 Å². The Morgan fingerprint density at radius 3 is 2.27 bits per heavy atom. The first-order valence-electron chi connectivity index (χ1n) is 13.2. The van der Waals surface area contributed by atoms with Gasteiger partial charge in [-0.3, -0.25) is 9.80 Å². The van der Waals surface area contributed by atoms with E-state index in [0.717, 1.165) is 6.29 Å². The Morgan fingerprint density at radius 2 is 1.73 bits per heavy atom. The number of carbonyl (C=O) groups is 3. The van der Waals surface area contributed by atoms with E-state index < -0.39 is 29.4 Å². The van der Waals surface area contributed by atoms with E-state index in [1.54, 1.807) is 71.6 Å². The number of rotatable bonds is 6. The smallest absolute Gasteiger partial charge is 0.415 e. The van der Waals surface area contributed by atoms with Crippen molar-refractivity contribution >= 4 is 41.7 Å². The molecule has 218 valence electrons. The summed E-state index contributed by atoms with van der Waals surface area (Å²) < 4.78 is 12.7. The molecular weight excluding hydrogens is 514 g/mol. The van der Waals surface area contributed by atoms with Gasteiger partial charge < -0.3 is 24.6 Å². The van der Waals surface area contributed by atoms with Crippen LogP contribution >= 0.6 is 0 Å². The molecule has 2 atom stereocenters. The fourth-order valence-electron chi connectivity index (χ4n) is 4.41. The molecule has 0 aliphatic carbocycles. The maximum absolute atomic E-state index is 13.1. The van der Waals surface area contributed by atoms with E-state index in [9.17, 15) is 14.4 Å². The number of ether oxygens (including phenoxy) is 2. The Balaban J connectivity index is 2.15. The average molecular weight is 556 g/mol. The molecule has 0 bridgehead atoms. The summed E-state index contributed by atoms with van der Waals surface area (Å²) in [6, 6.07) is 1.16. The second-order valence-corrected chi connectivity index (χ2v) is 12.2. The van der Waals surface area contributed by atoms with Crippen LogP contribution in [0.25, 0.3) is 11.2 Å². The Bertz CT molecular complexity index is 1300. The van der Waals surface area contributed by atoms with Crippen LogP contribution in [0.3, 0.4) is 0 Å². The first kappa shape index (κ1) is 30.6. The van der Waals surface area contributed by atoms with Crippen LogP contribution in [0, 0.1) is 5.41 Å². The summed E-state index contributed by atoms with van der Waals surface area (Å²) in [5.74, 6) is 0.166. The molecule has 1 aliphatic heterocycles. The fraction of sp³-hybridized carbons (Fsp3) is 0.571. The molecule has 12 nitrogen and oxygen atoms in total. The number of fused-ring (bicyclic) bond motifs is 1. The molecule has 2 aromatic heterocycles. The molecular formula is C28H41N7O5. The van der Waals surface area contributed by atoms with E-state index in [4.69, 9.17) is 19.9 Å². The Labute approximate surface area is 235 Å². The van der Waals surface area contributed by atoms with Crippen LogP contribution in [0.15, 0.2) is 18.5 Å². The lowest BCUT2D eigenvalue weighted by Crippen LogP contribution is -2.49. The van der Waals surface area contributed by atoms with Crippen LogP contribution in [0.5, 0.6) is 0 Å². The highest BCUT2D eigenvalue weighted by atomic mass is 16.6. The van der Waals surface area contributed by atoms with Crippen molar-refractivity contribution < 1.29 is 23.9 Å². The summed E-state index contributed by atoms with van der Waals surface area (Å²) >= 11 is 0. The van der Waals surface area contributed by atoms with Crippen molar-refractivity contribution in [3.05, 3.63) is 29.7 Å². The number of anilines is 1. The topological polar surface area (TPSA) is 133 Å². The third-order valence-corrected chi connectivity index (χ3v) is 6.18. The zero-order chi connectivity index (χ0) is 30.0. The number of hydrogen-bond acceptors (Lipinski definition) is 9. The fourth-order valence-corrected chi connectivity index (χ4v) is 4.41. The van der Waals surface area contributed by atoms with E-state index in [1.807, 2.05) is 19.0 Å². The molecule has 0 aromatic carbocycles. The molecule has 0 unspecified atom stereocenters. The lowest BCUT2D eigenvalue weighted by molar-refractivity contribution is -0.113. The molecule has 0 radical (unpaired) electrons. The van der Waals surface area contributed by atoms with Gasteiger partial charge in [-0.05, 0) is 54.4 Å². The number of carbonyl (C=O) groups excluding carboxylic acids is 3. The van der Waals surface area contributed by atoms with Crippen molar-refractivity contribution in [2.24, 2.45) is 0 Å². The number of amides is 2. The van der Waals surface area contributed by atoms with Crippen molar-refractivity contribution in [1.82, 2.24) is 24.4 Å². The number of nitrogens with zero attached hydrogens (tertiary/aromatic N) is 6. The minimum atomic E-state index is -0.716. The molecule has 0 saturated carbocycles. The van der Waals surface area contributed by atoms with E-state index in [2.05, 4.69) is 5.10 Å². The van der Waals surface area contributed by atoms with Gasteiger partial charge in [0.2, 0.25) is 0 Å². The Hall–Kier alpha value is -3.96. The van der Waals surface area contributed by atoms with Gasteiger partial charge in [0.15, 0.2) is 5.65 Å². The van der Waals surface area contributed by atoms with Gasteiger partial charge in [0.05, 0.1) is 17.9 Å². The third kappa shape index (κ3) is 7.16. The molecule has 1 N–H and O–H groups in total. The normalized spacial score (nSPS) is 18.3. The molecule has 2 aromatic rings. The van der Waals surface area contributed by atoms with E-state index in [1.165, 1.54) is 16.0 Å². The summed E-state index contributed by atoms with van der Waals surface area (Å²) in [7, 11) is 5.30. The average Bonchev–Trinajstić information content (AvgIpc) is 3.27. The van der Waals surface area contributed by atoms with Crippen LogP contribution in [0.4, 0.5) is 15.4 Å². The van der Waals surface area contributed by atoms with Gasteiger partial charge in [0.1, 0.15) is 23.3 Å². The monoisotopic (exact) mass is 555 g/mol. The summed E-state index contributed by atoms with van der Waals surface area (Å²) in [4.78, 5) is 47.5. The van der Waals surface area contributed by atoms with Gasteiger partial charge in [-0.25, -0.2) is 14.6 Å². The number of aldehydes is 1. The van der Waals surface area contributed by atoms with Crippen molar-refractivity contribution in [1.29, 1.82) is 5.41 Å². The minimum absolute atomic E-state index is 0.214. The van der Waals surface area contributed by atoms with Gasteiger partial charge >= 0.3 is 12.2 Å². The molecule has 1 fully saturated rings. The summed E-state index contributed by atoms with van der Waals surface area (Å²) in [6.45, 7) is 10.9. The molecule has 1 saturated heterocycles. The second kappa shape index (κ2) is 11.6. The van der Waals surface area contributed by atoms with E-state index >= 15 is 0 Å². The predicted molar refractivity (Wildman–Crippen MR) is 153 cm³/mol. The molecule has 40 heavy (non-hydrogen) atoms. The van der Waals surface area contributed by atoms with Crippen LogP contribution in [-0.4, -0.2) is 94.0 Å². The maximum Gasteiger partial charge on any atom is 0.415 e. The molecule has 12 heteroatoms. The number of piperidine rings is 1. The van der Waals surface area contributed by atoms with Crippen LogP contribution < -0.4 is 4.90 Å². The van der Waals surface area contributed by atoms with E-state index in [-0.39, 0.29) is 12.5 Å². The predicted octanol–water partition coefficient (Wildman–Crippen LogP) is 4.33. The highest BCUT2D eigenvalue weighted by Crippen LogP contribution is 2.33. The number of aromatic nitrogens is 3. The maximum atomic E-state index is 13.1. The number of nitrogens with one attached hydrogen (secondary N) is 1. The zero-order valence-corrected chi connectivity index (χ0v) is 24.9. The molecule has 3 rings (SSSR count). The SMILES string of the molecule is CN(C)/C=C(\C=N)c1cnn2c(N(C)C(=O)OC(C)(C)C)cc([C@H]3CC[C@@H](C=O)N(C(=O)OC(C)(C)C)C3)nc12. The Kier molecular flexibility index (Phi) is 8.90. The summed E-state index contributed by atoms with van der Waals surface area (Å²) in [5, 5.41) is 12.5. The highest BCUT2D eigenvalue weighted by Gasteiger charge is 2.36. The second-order valence-electron chi connectivity index (χ2n) is 12.2. The van der Waals surface area contributed by atoms with Gasteiger partial charge in [-0.1, -0.05) is 0 Å². The van der Waals surface area contributed by atoms with Gasteiger partial charge in [0.25, 0.3) is 0 Å². The van der Waals surface area contributed by atoms with Crippen molar-refractivity contribution in [2.75, 3.05) is 32.6 Å². The first-order valence-corrected chi connectivity index (χ1v) is 13.2. The number of hydrogen-bond donors (Lipinski definition) is 1. The van der Waals surface area contributed by atoms with Crippen LogP contribution in [-0.2, 0) is 14.3 Å². The van der Waals surface area contributed by atoms with E-state index in [0.29, 0.717) is 41.1 Å². The van der Waals surface area contributed by atoms with Crippen molar-refractivity contribution in [3.63, 3.8) is 0 Å². The number of likely N-dealkylation sites (tertiary alicyclic amines) is 1. The molecule has 1 aliphatic rings. The quantitative estimate of drug-likeness (QED) is 0.411. The van der Waals surface area contributed by atoms with Gasteiger partial charge in [0, 0.05) is 63.2 Å². The zero-order valence-electron chi connectivity index (χ0n) is 24.9. The third-order valence-electron chi connectivity index (χ3n) is 6.18. The summed E-state index contributed by atoms with van der Waals surface area (Å²) in [6.07, 6.45) is 5.29. The highest BCUT2D eigenvalue weighted by molar-refractivity contribution is 6.10. The van der Waals surface area contributed by atoms with Crippen LogP contribution in [0.1, 0.15) is 71.6 Å². The minimum Gasteiger partial charge on any atom is -0.444 e. The van der Waals surface area contributed by atoms with Crippen molar-refractivity contribution in [2.45, 2.75) is 77.5 Å². The Morgan fingerprint density at radius 1 is 1.07 bits per heavy atom.